The van der Waals surface area contributed by atoms with Crippen molar-refractivity contribution in [1.29, 1.82) is 0 Å². The average Bonchev–Trinajstić information content (AvgIpc) is 3.19. The summed E-state index contributed by atoms with van der Waals surface area (Å²) in [6, 6.07) is 1.53. The molecule has 0 radical (unpaired) electrons. The van der Waals surface area contributed by atoms with Crippen molar-refractivity contribution in [2.24, 2.45) is 0 Å². The summed E-state index contributed by atoms with van der Waals surface area (Å²) >= 11 is 0. The van der Waals surface area contributed by atoms with E-state index in [0.29, 0.717) is 28.5 Å². The number of halogens is 3. The van der Waals surface area contributed by atoms with Gasteiger partial charge in [0.15, 0.2) is 0 Å². The van der Waals surface area contributed by atoms with Crippen LogP contribution in [0.5, 0.6) is 0 Å². The zero-order valence-electron chi connectivity index (χ0n) is 15.9. The lowest BCUT2D eigenvalue weighted by Gasteiger charge is -2.11. The van der Waals surface area contributed by atoms with E-state index in [0.717, 1.165) is 4.52 Å². The highest BCUT2D eigenvalue weighted by molar-refractivity contribution is 5.96. The molecular formula is C17H17F3N6O3. The zero-order chi connectivity index (χ0) is 21.5. The van der Waals surface area contributed by atoms with Gasteiger partial charge in [0.1, 0.15) is 11.5 Å². The van der Waals surface area contributed by atoms with E-state index in [9.17, 15) is 22.8 Å². The monoisotopic (exact) mass is 410 g/mol. The topological polar surface area (TPSA) is 114 Å². The molecule has 2 amide bonds. The summed E-state index contributed by atoms with van der Waals surface area (Å²) in [6.45, 7) is 6.36. The molecular weight excluding hydrogens is 393 g/mol. The zero-order valence-corrected chi connectivity index (χ0v) is 15.9. The number of carbonyl (C=O) groups is 2. The summed E-state index contributed by atoms with van der Waals surface area (Å²) in [5.41, 5.74) is 5.81. The number of fused-ring (bicyclic) bond motifs is 1. The molecule has 0 spiro atoms. The second-order valence-corrected chi connectivity index (χ2v) is 6.41. The summed E-state index contributed by atoms with van der Waals surface area (Å²) < 4.78 is 44.7. The number of hydrogen-bond donors (Lipinski definition) is 2. The van der Waals surface area contributed by atoms with Crippen LogP contribution in [0, 0.1) is 27.7 Å². The van der Waals surface area contributed by atoms with Gasteiger partial charge in [-0.25, -0.2) is 9.50 Å². The minimum absolute atomic E-state index is 0.212. The molecule has 3 rings (SSSR count). The second-order valence-electron chi connectivity index (χ2n) is 6.41. The number of aryl methyl sites for hydroxylation is 4. The maximum Gasteiger partial charge on any atom is 0.453 e. The SMILES string of the molecule is Cc1cc(C(=O)NNC(=O)Cc2c(C)nc3nc(C(F)(F)F)nn3c2C)c(C)o1. The fourth-order valence-electron chi connectivity index (χ4n) is 2.84. The molecule has 29 heavy (non-hydrogen) atoms. The number of nitrogens with one attached hydrogen (secondary N) is 2. The predicted octanol–water partition coefficient (Wildman–Crippen LogP) is 1.97. The van der Waals surface area contributed by atoms with Crippen molar-refractivity contribution in [3.63, 3.8) is 0 Å². The van der Waals surface area contributed by atoms with E-state index in [1.54, 1.807) is 20.8 Å². The van der Waals surface area contributed by atoms with Crippen LogP contribution in [0.25, 0.3) is 5.78 Å². The average molecular weight is 410 g/mol. The molecule has 2 N–H and O–H groups in total. The van der Waals surface area contributed by atoms with Crippen LogP contribution in [0.2, 0.25) is 0 Å². The van der Waals surface area contributed by atoms with Crippen LogP contribution in [0.4, 0.5) is 13.2 Å². The molecule has 0 aromatic carbocycles. The van der Waals surface area contributed by atoms with Crippen LogP contribution < -0.4 is 10.9 Å². The highest BCUT2D eigenvalue weighted by Crippen LogP contribution is 2.27. The first-order valence-corrected chi connectivity index (χ1v) is 8.43. The first kappa shape index (κ1) is 20.3. The molecule has 0 bridgehead atoms. The Kier molecular flexibility index (Phi) is 5.03. The van der Waals surface area contributed by atoms with Gasteiger partial charge in [0.25, 0.3) is 17.5 Å². The van der Waals surface area contributed by atoms with Crippen molar-refractivity contribution in [2.45, 2.75) is 40.3 Å². The molecule has 0 unspecified atom stereocenters. The van der Waals surface area contributed by atoms with Crippen LogP contribution in [0.3, 0.4) is 0 Å². The summed E-state index contributed by atoms with van der Waals surface area (Å²) in [4.78, 5) is 31.7. The van der Waals surface area contributed by atoms with Gasteiger partial charge in [-0.15, -0.1) is 5.10 Å². The van der Waals surface area contributed by atoms with Gasteiger partial charge in [-0.3, -0.25) is 20.4 Å². The Balaban J connectivity index is 1.76. The normalized spacial score (nSPS) is 11.7. The number of nitrogens with zero attached hydrogens (tertiary/aromatic N) is 4. The fourth-order valence-corrected chi connectivity index (χ4v) is 2.84. The van der Waals surface area contributed by atoms with Gasteiger partial charge in [0, 0.05) is 17.0 Å². The minimum atomic E-state index is -4.71. The third kappa shape index (κ3) is 4.05. The van der Waals surface area contributed by atoms with E-state index in [4.69, 9.17) is 4.42 Å². The van der Waals surface area contributed by atoms with Crippen molar-refractivity contribution in [2.75, 3.05) is 0 Å². The number of furan rings is 1. The van der Waals surface area contributed by atoms with Crippen molar-refractivity contribution < 1.29 is 27.2 Å². The molecule has 0 fully saturated rings. The van der Waals surface area contributed by atoms with Crippen molar-refractivity contribution >= 4 is 17.6 Å². The van der Waals surface area contributed by atoms with Gasteiger partial charge < -0.3 is 4.42 Å². The third-order valence-electron chi connectivity index (χ3n) is 4.24. The first-order valence-electron chi connectivity index (χ1n) is 8.43. The third-order valence-corrected chi connectivity index (χ3v) is 4.24. The molecule has 0 aliphatic heterocycles. The molecule has 154 valence electrons. The Morgan fingerprint density at radius 2 is 1.83 bits per heavy atom. The maximum absolute atomic E-state index is 12.8. The summed E-state index contributed by atoms with van der Waals surface area (Å²) in [5, 5.41) is 3.42. The molecule has 0 saturated carbocycles. The molecule has 0 aliphatic carbocycles. The van der Waals surface area contributed by atoms with E-state index in [2.05, 4.69) is 25.9 Å². The number of hydrazine groups is 1. The number of amides is 2. The first-order chi connectivity index (χ1) is 13.5. The Hall–Kier alpha value is -3.44. The van der Waals surface area contributed by atoms with Crippen molar-refractivity contribution in [1.82, 2.24) is 30.4 Å². The summed E-state index contributed by atoms with van der Waals surface area (Å²) in [5.74, 6) is -1.71. The quantitative estimate of drug-likeness (QED) is 0.638. The number of rotatable bonds is 3. The van der Waals surface area contributed by atoms with E-state index < -0.39 is 23.8 Å². The van der Waals surface area contributed by atoms with Gasteiger partial charge in [0.05, 0.1) is 12.0 Å². The van der Waals surface area contributed by atoms with Crippen LogP contribution in [-0.2, 0) is 17.4 Å². The lowest BCUT2D eigenvalue weighted by molar-refractivity contribution is -0.144. The van der Waals surface area contributed by atoms with Gasteiger partial charge in [-0.05, 0) is 33.8 Å². The van der Waals surface area contributed by atoms with Crippen molar-refractivity contribution in [3.8, 4) is 0 Å². The second kappa shape index (κ2) is 7.18. The molecule has 3 heterocycles. The van der Waals surface area contributed by atoms with Gasteiger partial charge in [0.2, 0.25) is 5.91 Å². The smallest absolute Gasteiger partial charge is 0.453 e. The minimum Gasteiger partial charge on any atom is -0.466 e. The lowest BCUT2D eigenvalue weighted by atomic mass is 10.1. The maximum atomic E-state index is 12.8. The van der Waals surface area contributed by atoms with Gasteiger partial charge in [-0.1, -0.05) is 0 Å². The van der Waals surface area contributed by atoms with E-state index in [1.165, 1.54) is 13.0 Å². The number of alkyl halides is 3. The van der Waals surface area contributed by atoms with Gasteiger partial charge in [-0.2, -0.15) is 18.2 Å². The number of hydrogen-bond acceptors (Lipinski definition) is 6. The highest BCUT2D eigenvalue weighted by atomic mass is 19.4. The molecule has 0 atom stereocenters. The van der Waals surface area contributed by atoms with Crippen LogP contribution >= 0.6 is 0 Å². The summed E-state index contributed by atoms with van der Waals surface area (Å²) in [7, 11) is 0. The Morgan fingerprint density at radius 3 is 2.41 bits per heavy atom. The number of aromatic nitrogens is 4. The standard InChI is InChI=1S/C17H17F3N6O3/c1-7-5-12(10(4)29-7)14(28)24-23-13(27)6-11-8(2)21-16-22-15(17(18,19)20)25-26(16)9(11)3/h5H,6H2,1-4H3,(H,23,27)(H,24,28). The van der Waals surface area contributed by atoms with Crippen LogP contribution in [-0.4, -0.2) is 31.4 Å². The molecule has 3 aromatic rings. The fraction of sp³-hybridized carbons (Fsp3) is 0.353. The van der Waals surface area contributed by atoms with E-state index >= 15 is 0 Å². The van der Waals surface area contributed by atoms with Gasteiger partial charge >= 0.3 is 6.18 Å². The number of carbonyl (C=O) groups excluding carboxylic acids is 2. The lowest BCUT2D eigenvalue weighted by Crippen LogP contribution is -2.42. The van der Waals surface area contributed by atoms with Crippen LogP contribution in [0.1, 0.15) is 44.7 Å². The molecule has 0 aliphatic rings. The molecule has 12 heteroatoms. The Bertz CT molecular complexity index is 1120. The Labute approximate surface area is 162 Å². The highest BCUT2D eigenvalue weighted by Gasteiger charge is 2.37. The molecule has 0 saturated heterocycles. The van der Waals surface area contributed by atoms with E-state index in [-0.39, 0.29) is 17.8 Å². The Morgan fingerprint density at radius 1 is 1.14 bits per heavy atom. The van der Waals surface area contributed by atoms with Crippen LogP contribution in [0.15, 0.2) is 10.5 Å². The predicted molar refractivity (Wildman–Crippen MR) is 92.8 cm³/mol. The van der Waals surface area contributed by atoms with Crippen molar-refractivity contribution in [3.05, 3.63) is 45.9 Å². The molecule has 9 nitrogen and oxygen atoms in total. The molecule has 3 aromatic heterocycles. The largest absolute Gasteiger partial charge is 0.466 e. The summed E-state index contributed by atoms with van der Waals surface area (Å²) in [6.07, 6.45) is -4.94. The van der Waals surface area contributed by atoms with E-state index in [1.807, 2.05) is 0 Å².